The van der Waals surface area contributed by atoms with Gasteiger partial charge in [-0.2, -0.15) is 0 Å². The van der Waals surface area contributed by atoms with Crippen LogP contribution in [0.4, 0.5) is 4.39 Å². The first-order valence-corrected chi connectivity index (χ1v) is 6.88. The van der Waals surface area contributed by atoms with E-state index in [0.717, 1.165) is 50.0 Å². The van der Waals surface area contributed by atoms with Gasteiger partial charge in [0.1, 0.15) is 5.82 Å². The number of hydrogen-bond donors (Lipinski definition) is 1. The molecule has 4 heteroatoms. The number of halogens is 1. The van der Waals surface area contributed by atoms with E-state index in [4.69, 9.17) is 4.74 Å². The average molecular weight is 262 g/mol. The summed E-state index contributed by atoms with van der Waals surface area (Å²) >= 11 is 0. The fraction of sp³-hybridized carbons (Fsp3) is 0.467. The molecule has 3 rings (SSSR count). The Balaban J connectivity index is 1.59. The second-order valence-electron chi connectivity index (χ2n) is 5.05. The first-order chi connectivity index (χ1) is 9.33. The maximum atomic E-state index is 13.1. The van der Waals surface area contributed by atoms with Gasteiger partial charge in [0.15, 0.2) is 0 Å². The Morgan fingerprint density at radius 1 is 1.26 bits per heavy atom. The van der Waals surface area contributed by atoms with E-state index in [-0.39, 0.29) is 5.82 Å². The van der Waals surface area contributed by atoms with Crippen LogP contribution in [0.1, 0.15) is 12.8 Å². The summed E-state index contributed by atoms with van der Waals surface area (Å²) in [4.78, 5) is 0. The van der Waals surface area contributed by atoms with Crippen LogP contribution in [0.5, 0.6) is 0 Å². The number of benzene rings is 1. The molecule has 2 aromatic rings. The van der Waals surface area contributed by atoms with E-state index in [1.54, 1.807) is 6.07 Å². The van der Waals surface area contributed by atoms with E-state index in [1.165, 1.54) is 6.07 Å². The molecule has 1 N–H and O–H groups in total. The molecule has 1 aromatic carbocycles. The van der Waals surface area contributed by atoms with Crippen molar-refractivity contribution < 1.29 is 9.13 Å². The van der Waals surface area contributed by atoms with Crippen LogP contribution in [0, 0.1) is 5.82 Å². The van der Waals surface area contributed by atoms with Gasteiger partial charge in [-0.05, 0) is 37.1 Å². The van der Waals surface area contributed by atoms with Crippen molar-refractivity contribution >= 4 is 10.9 Å². The quantitative estimate of drug-likeness (QED) is 0.916. The van der Waals surface area contributed by atoms with E-state index in [2.05, 4.69) is 9.88 Å². The standard InChI is InChI=1S/C15H19FN2O/c16-13-1-2-15-12(11-13)3-7-18(15)8-6-17-14-4-9-19-10-5-14/h1-3,7,11,14,17H,4-6,8-10H2. The normalized spacial score (nSPS) is 17.1. The first-order valence-electron chi connectivity index (χ1n) is 6.88. The van der Waals surface area contributed by atoms with Gasteiger partial charge < -0.3 is 14.6 Å². The Bertz CT molecular complexity index is 546. The maximum absolute atomic E-state index is 13.1. The van der Waals surface area contributed by atoms with Gasteiger partial charge in [0.2, 0.25) is 0 Å². The first kappa shape index (κ1) is 12.6. The summed E-state index contributed by atoms with van der Waals surface area (Å²) in [6.07, 6.45) is 4.21. The Hall–Kier alpha value is -1.39. The molecule has 0 atom stereocenters. The molecule has 102 valence electrons. The number of nitrogens with one attached hydrogen (secondary N) is 1. The van der Waals surface area contributed by atoms with Crippen molar-refractivity contribution in [3.63, 3.8) is 0 Å². The van der Waals surface area contributed by atoms with Gasteiger partial charge in [-0.3, -0.25) is 0 Å². The molecule has 1 fully saturated rings. The van der Waals surface area contributed by atoms with Gasteiger partial charge in [-0.15, -0.1) is 0 Å². The molecule has 3 nitrogen and oxygen atoms in total. The zero-order chi connectivity index (χ0) is 13.1. The van der Waals surface area contributed by atoms with Crippen molar-refractivity contribution in [2.24, 2.45) is 0 Å². The van der Waals surface area contributed by atoms with Gasteiger partial charge in [0, 0.05) is 49.4 Å². The van der Waals surface area contributed by atoms with Crippen molar-refractivity contribution in [3.05, 3.63) is 36.3 Å². The average Bonchev–Trinajstić information content (AvgIpc) is 2.82. The second kappa shape index (κ2) is 5.72. The molecule has 0 aliphatic carbocycles. The minimum absolute atomic E-state index is 0.175. The molecule has 0 spiro atoms. The monoisotopic (exact) mass is 262 g/mol. The summed E-state index contributed by atoms with van der Waals surface area (Å²) in [5.74, 6) is -0.175. The van der Waals surface area contributed by atoms with Gasteiger partial charge in [0.25, 0.3) is 0 Å². The molecule has 1 aromatic heterocycles. The van der Waals surface area contributed by atoms with E-state index >= 15 is 0 Å². The number of fused-ring (bicyclic) bond motifs is 1. The highest BCUT2D eigenvalue weighted by atomic mass is 19.1. The van der Waals surface area contributed by atoms with Crippen LogP contribution in [0.15, 0.2) is 30.5 Å². The topological polar surface area (TPSA) is 26.2 Å². The van der Waals surface area contributed by atoms with Crippen molar-refractivity contribution in [2.45, 2.75) is 25.4 Å². The van der Waals surface area contributed by atoms with Gasteiger partial charge in [0.05, 0.1) is 0 Å². The van der Waals surface area contributed by atoms with Crippen molar-refractivity contribution in [1.82, 2.24) is 9.88 Å². The number of aromatic nitrogens is 1. The molecule has 1 aliphatic rings. The molecule has 0 amide bonds. The third kappa shape index (κ3) is 2.96. The predicted octanol–water partition coefficient (Wildman–Crippen LogP) is 2.55. The molecule has 0 bridgehead atoms. The molecular formula is C15H19FN2O. The zero-order valence-corrected chi connectivity index (χ0v) is 10.9. The van der Waals surface area contributed by atoms with Crippen molar-refractivity contribution in [1.29, 1.82) is 0 Å². The molecule has 0 saturated carbocycles. The highest BCUT2D eigenvalue weighted by molar-refractivity contribution is 5.80. The van der Waals surface area contributed by atoms with E-state index in [1.807, 2.05) is 18.3 Å². The number of rotatable bonds is 4. The smallest absolute Gasteiger partial charge is 0.123 e. The number of ether oxygens (including phenoxy) is 1. The lowest BCUT2D eigenvalue weighted by Crippen LogP contribution is -2.36. The summed E-state index contributed by atoms with van der Waals surface area (Å²) in [5.41, 5.74) is 1.09. The molecule has 0 radical (unpaired) electrons. The van der Waals surface area contributed by atoms with E-state index in [9.17, 15) is 4.39 Å². The second-order valence-corrected chi connectivity index (χ2v) is 5.05. The summed E-state index contributed by atoms with van der Waals surface area (Å²) in [5, 5.41) is 4.52. The van der Waals surface area contributed by atoms with Crippen LogP contribution < -0.4 is 5.32 Å². The molecule has 2 heterocycles. The van der Waals surface area contributed by atoms with Gasteiger partial charge in [-0.25, -0.2) is 4.39 Å². The minimum Gasteiger partial charge on any atom is -0.381 e. The van der Waals surface area contributed by atoms with Crippen LogP contribution in [0.25, 0.3) is 10.9 Å². The predicted molar refractivity (Wildman–Crippen MR) is 73.7 cm³/mol. The lowest BCUT2D eigenvalue weighted by atomic mass is 10.1. The lowest BCUT2D eigenvalue weighted by Gasteiger charge is -2.23. The third-order valence-electron chi connectivity index (χ3n) is 3.74. The van der Waals surface area contributed by atoms with E-state index < -0.39 is 0 Å². The summed E-state index contributed by atoms with van der Waals surface area (Å²) in [6, 6.07) is 7.49. The lowest BCUT2D eigenvalue weighted by molar-refractivity contribution is 0.0779. The Morgan fingerprint density at radius 3 is 2.95 bits per heavy atom. The molecular weight excluding hydrogens is 243 g/mol. The van der Waals surface area contributed by atoms with Gasteiger partial charge in [-0.1, -0.05) is 0 Å². The number of nitrogens with zero attached hydrogens (tertiary/aromatic N) is 1. The van der Waals surface area contributed by atoms with Crippen LogP contribution in [0.3, 0.4) is 0 Å². The third-order valence-corrected chi connectivity index (χ3v) is 3.74. The fourth-order valence-electron chi connectivity index (χ4n) is 2.66. The largest absolute Gasteiger partial charge is 0.381 e. The molecule has 1 aliphatic heterocycles. The van der Waals surface area contributed by atoms with Crippen molar-refractivity contribution in [3.8, 4) is 0 Å². The molecule has 0 unspecified atom stereocenters. The van der Waals surface area contributed by atoms with Crippen LogP contribution >= 0.6 is 0 Å². The summed E-state index contributed by atoms with van der Waals surface area (Å²) < 4.78 is 20.6. The highest BCUT2D eigenvalue weighted by Crippen LogP contribution is 2.16. The maximum Gasteiger partial charge on any atom is 0.123 e. The number of hydrogen-bond acceptors (Lipinski definition) is 2. The molecule has 19 heavy (non-hydrogen) atoms. The summed E-state index contributed by atoms with van der Waals surface area (Å²) in [6.45, 7) is 3.57. The Morgan fingerprint density at radius 2 is 2.11 bits per heavy atom. The summed E-state index contributed by atoms with van der Waals surface area (Å²) in [7, 11) is 0. The Labute approximate surface area is 112 Å². The zero-order valence-electron chi connectivity index (χ0n) is 10.9. The molecule has 1 saturated heterocycles. The fourth-order valence-corrected chi connectivity index (χ4v) is 2.66. The SMILES string of the molecule is Fc1ccc2c(ccn2CCNC2CCOCC2)c1. The van der Waals surface area contributed by atoms with Crippen LogP contribution in [-0.2, 0) is 11.3 Å². The van der Waals surface area contributed by atoms with Crippen LogP contribution in [-0.4, -0.2) is 30.4 Å². The minimum atomic E-state index is -0.175. The highest BCUT2D eigenvalue weighted by Gasteiger charge is 2.12. The van der Waals surface area contributed by atoms with E-state index in [0.29, 0.717) is 6.04 Å². The Kier molecular flexibility index (Phi) is 3.80. The van der Waals surface area contributed by atoms with Gasteiger partial charge >= 0.3 is 0 Å². The van der Waals surface area contributed by atoms with Crippen LogP contribution in [0.2, 0.25) is 0 Å². The van der Waals surface area contributed by atoms with Crippen molar-refractivity contribution in [2.75, 3.05) is 19.8 Å².